The molecule has 122 valence electrons. The number of carbonyl (C=O) groups excluding carboxylic acids is 1. The summed E-state index contributed by atoms with van der Waals surface area (Å²) in [6.07, 6.45) is 0. The van der Waals surface area contributed by atoms with E-state index in [0.29, 0.717) is 12.2 Å². The van der Waals surface area contributed by atoms with Gasteiger partial charge in [0.05, 0.1) is 5.69 Å². The van der Waals surface area contributed by atoms with Crippen molar-refractivity contribution in [2.24, 2.45) is 0 Å². The molecule has 0 aliphatic heterocycles. The molecule has 0 bridgehead atoms. The van der Waals surface area contributed by atoms with Crippen LogP contribution in [0.4, 0.5) is 0 Å². The molecule has 0 unspecified atom stereocenters. The summed E-state index contributed by atoms with van der Waals surface area (Å²) in [4.78, 5) is 17.1. The minimum Gasteiger partial charge on any atom is -0.349 e. The number of nitrogens with zero attached hydrogens (tertiary/aromatic N) is 1. The molecule has 0 aliphatic rings. The Morgan fingerprint density at radius 3 is 2.58 bits per heavy atom. The lowest BCUT2D eigenvalue weighted by Gasteiger charge is -2.12. The zero-order valence-electron chi connectivity index (χ0n) is 14.0. The lowest BCUT2D eigenvalue weighted by atomic mass is 9.99. The number of likely N-dealkylation sites (N-methyl/N-ethyl adjacent to an activating group) is 1. The van der Waals surface area contributed by atoms with Crippen LogP contribution < -0.4 is 10.6 Å². The van der Waals surface area contributed by atoms with Crippen LogP contribution in [0.1, 0.15) is 16.1 Å². The summed E-state index contributed by atoms with van der Waals surface area (Å²) in [5, 5.41) is 7.98. The van der Waals surface area contributed by atoms with Gasteiger partial charge in [-0.05, 0) is 31.0 Å². The van der Waals surface area contributed by atoms with Gasteiger partial charge in [-0.3, -0.25) is 4.79 Å². The zero-order valence-corrected chi connectivity index (χ0v) is 14.0. The molecule has 0 atom stereocenters. The minimum absolute atomic E-state index is 0.147. The van der Waals surface area contributed by atoms with Crippen LogP contribution in [0, 0.1) is 6.92 Å². The highest BCUT2D eigenvalue weighted by Gasteiger charge is 2.14. The SMILES string of the molecule is CNCCNC(=O)c1cc2ccccc2c(-c2ccccc2C)n1. The van der Waals surface area contributed by atoms with Crippen molar-refractivity contribution < 1.29 is 4.79 Å². The Balaban J connectivity index is 2.10. The van der Waals surface area contributed by atoms with Crippen LogP contribution in [-0.2, 0) is 0 Å². The molecule has 0 saturated carbocycles. The first-order chi connectivity index (χ1) is 11.7. The maximum Gasteiger partial charge on any atom is 0.269 e. The van der Waals surface area contributed by atoms with Gasteiger partial charge in [-0.1, -0.05) is 48.5 Å². The third kappa shape index (κ3) is 3.29. The van der Waals surface area contributed by atoms with E-state index in [1.54, 1.807) is 0 Å². The maximum atomic E-state index is 12.4. The average molecular weight is 319 g/mol. The zero-order chi connectivity index (χ0) is 16.9. The number of carbonyl (C=O) groups is 1. The number of benzene rings is 2. The Bertz CT molecular complexity index is 874. The smallest absolute Gasteiger partial charge is 0.269 e. The molecule has 0 saturated heterocycles. The van der Waals surface area contributed by atoms with Crippen LogP contribution in [0.25, 0.3) is 22.0 Å². The molecular weight excluding hydrogens is 298 g/mol. The third-order valence-electron chi connectivity index (χ3n) is 4.03. The molecule has 1 heterocycles. The maximum absolute atomic E-state index is 12.4. The van der Waals surface area contributed by atoms with Gasteiger partial charge in [0, 0.05) is 24.0 Å². The second kappa shape index (κ2) is 7.23. The standard InChI is InChI=1S/C20H21N3O/c1-14-7-3-5-9-16(14)19-17-10-6-4-8-15(17)13-18(23-19)20(24)22-12-11-21-2/h3-10,13,21H,11-12H2,1-2H3,(H,22,24). The van der Waals surface area contributed by atoms with Gasteiger partial charge in [0.1, 0.15) is 5.69 Å². The molecule has 4 nitrogen and oxygen atoms in total. The molecule has 1 amide bonds. The van der Waals surface area contributed by atoms with Gasteiger partial charge >= 0.3 is 0 Å². The van der Waals surface area contributed by atoms with Crippen LogP contribution >= 0.6 is 0 Å². The molecule has 3 aromatic rings. The minimum atomic E-state index is -0.147. The van der Waals surface area contributed by atoms with E-state index >= 15 is 0 Å². The van der Waals surface area contributed by atoms with E-state index in [2.05, 4.69) is 28.6 Å². The monoisotopic (exact) mass is 319 g/mol. The van der Waals surface area contributed by atoms with Gasteiger partial charge in [0.2, 0.25) is 0 Å². The summed E-state index contributed by atoms with van der Waals surface area (Å²) in [6, 6.07) is 18.0. The number of hydrogen-bond donors (Lipinski definition) is 2. The first-order valence-corrected chi connectivity index (χ1v) is 8.09. The second-order valence-corrected chi connectivity index (χ2v) is 5.75. The van der Waals surface area contributed by atoms with Crippen LogP contribution in [0.15, 0.2) is 54.6 Å². The van der Waals surface area contributed by atoms with Crippen molar-refractivity contribution in [2.75, 3.05) is 20.1 Å². The van der Waals surface area contributed by atoms with Crippen LogP contribution in [0.2, 0.25) is 0 Å². The van der Waals surface area contributed by atoms with Gasteiger partial charge in [0.25, 0.3) is 5.91 Å². The first-order valence-electron chi connectivity index (χ1n) is 8.09. The molecule has 0 spiro atoms. The van der Waals surface area contributed by atoms with E-state index in [4.69, 9.17) is 0 Å². The van der Waals surface area contributed by atoms with Crippen molar-refractivity contribution in [1.29, 1.82) is 0 Å². The number of fused-ring (bicyclic) bond motifs is 1. The largest absolute Gasteiger partial charge is 0.349 e. The summed E-state index contributed by atoms with van der Waals surface area (Å²) >= 11 is 0. The van der Waals surface area contributed by atoms with Crippen LogP contribution in [0.3, 0.4) is 0 Å². The van der Waals surface area contributed by atoms with E-state index < -0.39 is 0 Å². The molecule has 4 heteroatoms. The molecule has 2 aromatic carbocycles. The van der Waals surface area contributed by atoms with E-state index in [-0.39, 0.29) is 5.91 Å². The number of aryl methyl sites for hydroxylation is 1. The summed E-state index contributed by atoms with van der Waals surface area (Å²) in [5.74, 6) is -0.147. The molecule has 2 N–H and O–H groups in total. The molecule has 1 aromatic heterocycles. The average Bonchev–Trinajstić information content (AvgIpc) is 2.61. The predicted molar refractivity (Wildman–Crippen MR) is 98.2 cm³/mol. The van der Waals surface area contributed by atoms with Gasteiger partial charge in [-0.25, -0.2) is 4.98 Å². The Morgan fingerprint density at radius 2 is 1.79 bits per heavy atom. The fourth-order valence-corrected chi connectivity index (χ4v) is 2.75. The Labute approximate surface area is 141 Å². The molecule has 24 heavy (non-hydrogen) atoms. The number of aromatic nitrogens is 1. The number of pyridine rings is 1. The normalized spacial score (nSPS) is 10.8. The molecule has 0 aliphatic carbocycles. The van der Waals surface area contributed by atoms with E-state index in [1.165, 1.54) is 0 Å². The van der Waals surface area contributed by atoms with Gasteiger partial charge in [0.15, 0.2) is 0 Å². The highest BCUT2D eigenvalue weighted by molar-refractivity contribution is 6.01. The van der Waals surface area contributed by atoms with E-state index in [1.807, 2.05) is 55.6 Å². The number of nitrogens with one attached hydrogen (secondary N) is 2. The highest BCUT2D eigenvalue weighted by atomic mass is 16.1. The molecule has 0 radical (unpaired) electrons. The van der Waals surface area contributed by atoms with Crippen molar-refractivity contribution in [3.05, 3.63) is 65.9 Å². The van der Waals surface area contributed by atoms with Crippen molar-refractivity contribution in [3.8, 4) is 11.3 Å². The predicted octanol–water partition coefficient (Wildman–Crippen LogP) is 3.16. The lowest BCUT2D eigenvalue weighted by molar-refractivity contribution is 0.0949. The Hall–Kier alpha value is -2.72. The van der Waals surface area contributed by atoms with E-state index in [9.17, 15) is 4.79 Å². The quantitative estimate of drug-likeness (QED) is 0.710. The fraction of sp³-hybridized carbons (Fsp3) is 0.200. The summed E-state index contributed by atoms with van der Waals surface area (Å²) in [7, 11) is 1.86. The fourth-order valence-electron chi connectivity index (χ4n) is 2.75. The van der Waals surface area contributed by atoms with Crippen LogP contribution in [-0.4, -0.2) is 31.0 Å². The lowest BCUT2D eigenvalue weighted by Crippen LogP contribution is -2.31. The molecular formula is C20H21N3O. The summed E-state index contributed by atoms with van der Waals surface area (Å²) < 4.78 is 0. The van der Waals surface area contributed by atoms with E-state index in [0.717, 1.165) is 34.1 Å². The van der Waals surface area contributed by atoms with Crippen molar-refractivity contribution in [2.45, 2.75) is 6.92 Å². The topological polar surface area (TPSA) is 54.0 Å². The number of amides is 1. The molecule has 0 fully saturated rings. The second-order valence-electron chi connectivity index (χ2n) is 5.75. The number of hydrogen-bond acceptors (Lipinski definition) is 3. The number of rotatable bonds is 5. The summed E-state index contributed by atoms with van der Waals surface area (Å²) in [6.45, 7) is 3.36. The third-order valence-corrected chi connectivity index (χ3v) is 4.03. The highest BCUT2D eigenvalue weighted by Crippen LogP contribution is 2.29. The Morgan fingerprint density at radius 1 is 1.04 bits per heavy atom. The Kier molecular flexibility index (Phi) is 4.87. The van der Waals surface area contributed by atoms with Crippen molar-refractivity contribution >= 4 is 16.7 Å². The van der Waals surface area contributed by atoms with Crippen molar-refractivity contribution in [3.63, 3.8) is 0 Å². The molecule has 3 rings (SSSR count). The summed E-state index contributed by atoms with van der Waals surface area (Å²) in [5.41, 5.74) is 3.49. The van der Waals surface area contributed by atoms with Gasteiger partial charge in [-0.2, -0.15) is 0 Å². The van der Waals surface area contributed by atoms with Gasteiger partial charge < -0.3 is 10.6 Å². The van der Waals surface area contributed by atoms with Crippen molar-refractivity contribution in [1.82, 2.24) is 15.6 Å². The van der Waals surface area contributed by atoms with Gasteiger partial charge in [-0.15, -0.1) is 0 Å². The van der Waals surface area contributed by atoms with Crippen LogP contribution in [0.5, 0.6) is 0 Å². The first kappa shape index (κ1) is 16.1.